The van der Waals surface area contributed by atoms with Crippen LogP contribution in [0.5, 0.6) is 11.5 Å². The van der Waals surface area contributed by atoms with E-state index in [1.165, 1.54) is 0 Å². The summed E-state index contributed by atoms with van der Waals surface area (Å²) in [5.41, 5.74) is 2.13. The molecular weight excluding hydrogens is 286 g/mol. The van der Waals surface area contributed by atoms with Crippen molar-refractivity contribution in [3.05, 3.63) is 30.0 Å². The predicted octanol–water partition coefficient (Wildman–Crippen LogP) is 1.97. The van der Waals surface area contributed by atoms with Crippen molar-refractivity contribution < 1.29 is 19.4 Å². The molecular formula is C15H17N3O4. The molecule has 0 aliphatic rings. The van der Waals surface area contributed by atoms with Gasteiger partial charge in [-0.3, -0.25) is 4.79 Å². The molecule has 116 valence electrons. The molecule has 0 fully saturated rings. The molecule has 1 aromatic heterocycles. The minimum Gasteiger partial charge on any atom is -0.497 e. The molecule has 2 N–H and O–H groups in total. The third kappa shape index (κ3) is 3.63. The Bertz CT molecular complexity index is 688. The summed E-state index contributed by atoms with van der Waals surface area (Å²) in [7, 11) is 3.15. The molecule has 0 atom stereocenters. The molecule has 0 aliphatic heterocycles. The van der Waals surface area contributed by atoms with Crippen LogP contribution in [0, 0.1) is 6.92 Å². The molecule has 1 aromatic carbocycles. The minimum atomic E-state index is -0.978. The highest BCUT2D eigenvalue weighted by atomic mass is 16.5. The zero-order valence-corrected chi connectivity index (χ0v) is 12.6. The molecule has 0 aliphatic carbocycles. The van der Waals surface area contributed by atoms with Gasteiger partial charge in [0.1, 0.15) is 18.0 Å². The van der Waals surface area contributed by atoms with Crippen LogP contribution in [0.3, 0.4) is 0 Å². The maximum Gasteiger partial charge on any atom is 0.322 e. The molecule has 1 heterocycles. The molecule has 0 radical (unpaired) electrons. The molecule has 0 spiro atoms. The van der Waals surface area contributed by atoms with Crippen LogP contribution >= 0.6 is 0 Å². The molecule has 7 heteroatoms. The van der Waals surface area contributed by atoms with Crippen LogP contribution in [0.2, 0.25) is 0 Å². The Kier molecular flexibility index (Phi) is 4.77. The summed E-state index contributed by atoms with van der Waals surface area (Å²) < 4.78 is 10.5. The largest absolute Gasteiger partial charge is 0.497 e. The number of anilines is 1. The van der Waals surface area contributed by atoms with Gasteiger partial charge in [-0.05, 0) is 25.1 Å². The number of aromatic nitrogens is 2. The molecule has 0 amide bonds. The van der Waals surface area contributed by atoms with Crippen molar-refractivity contribution in [1.82, 2.24) is 9.97 Å². The second kappa shape index (κ2) is 6.75. The second-order valence-corrected chi connectivity index (χ2v) is 4.53. The fourth-order valence-electron chi connectivity index (χ4n) is 1.95. The van der Waals surface area contributed by atoms with Gasteiger partial charge in [0.25, 0.3) is 0 Å². The lowest BCUT2D eigenvalue weighted by Crippen LogP contribution is -2.14. The van der Waals surface area contributed by atoms with Crippen molar-refractivity contribution in [3.63, 3.8) is 0 Å². The van der Waals surface area contributed by atoms with Gasteiger partial charge in [0.2, 0.25) is 5.95 Å². The van der Waals surface area contributed by atoms with Crippen LogP contribution in [0.4, 0.5) is 5.95 Å². The SMILES string of the molecule is COc1ccc(-c2cc(C)nc(NCC(=O)O)n2)c(OC)c1. The van der Waals surface area contributed by atoms with Gasteiger partial charge in [-0.1, -0.05) is 0 Å². The van der Waals surface area contributed by atoms with Crippen molar-refractivity contribution in [1.29, 1.82) is 0 Å². The number of nitrogens with one attached hydrogen (secondary N) is 1. The maximum absolute atomic E-state index is 10.6. The number of hydrogen-bond acceptors (Lipinski definition) is 6. The van der Waals surface area contributed by atoms with Crippen molar-refractivity contribution in [2.75, 3.05) is 26.1 Å². The summed E-state index contributed by atoms with van der Waals surface area (Å²) in [6, 6.07) is 7.20. The third-order valence-electron chi connectivity index (χ3n) is 2.94. The number of carboxylic acid groups (broad SMARTS) is 1. The van der Waals surface area contributed by atoms with Crippen LogP contribution in [-0.2, 0) is 4.79 Å². The molecule has 0 bridgehead atoms. The molecule has 0 unspecified atom stereocenters. The highest BCUT2D eigenvalue weighted by Crippen LogP contribution is 2.32. The van der Waals surface area contributed by atoms with Gasteiger partial charge in [-0.15, -0.1) is 0 Å². The Labute approximate surface area is 127 Å². The third-order valence-corrected chi connectivity index (χ3v) is 2.94. The van der Waals surface area contributed by atoms with Crippen LogP contribution < -0.4 is 14.8 Å². The number of aliphatic carboxylic acids is 1. The van der Waals surface area contributed by atoms with Crippen LogP contribution in [0.15, 0.2) is 24.3 Å². The van der Waals surface area contributed by atoms with E-state index in [4.69, 9.17) is 14.6 Å². The average molecular weight is 303 g/mol. The monoisotopic (exact) mass is 303 g/mol. The predicted molar refractivity (Wildman–Crippen MR) is 81.4 cm³/mol. The highest BCUT2D eigenvalue weighted by molar-refractivity contribution is 5.73. The van der Waals surface area contributed by atoms with Gasteiger partial charge in [0.15, 0.2) is 0 Å². The molecule has 2 rings (SSSR count). The van der Waals surface area contributed by atoms with E-state index in [0.717, 1.165) is 11.3 Å². The molecule has 7 nitrogen and oxygen atoms in total. The molecule has 22 heavy (non-hydrogen) atoms. The molecule has 2 aromatic rings. The number of ether oxygens (including phenoxy) is 2. The van der Waals surface area contributed by atoms with Crippen molar-refractivity contribution in [2.24, 2.45) is 0 Å². The van der Waals surface area contributed by atoms with Crippen LogP contribution in [0.1, 0.15) is 5.69 Å². The van der Waals surface area contributed by atoms with Crippen molar-refractivity contribution in [2.45, 2.75) is 6.92 Å². The highest BCUT2D eigenvalue weighted by Gasteiger charge is 2.11. The summed E-state index contributed by atoms with van der Waals surface area (Å²) in [6.45, 7) is 1.57. The number of benzene rings is 1. The van der Waals surface area contributed by atoms with Crippen molar-refractivity contribution in [3.8, 4) is 22.8 Å². The Balaban J connectivity index is 2.41. The van der Waals surface area contributed by atoms with E-state index in [2.05, 4.69) is 15.3 Å². The molecule has 0 saturated carbocycles. The van der Waals surface area contributed by atoms with E-state index < -0.39 is 5.97 Å². The number of rotatable bonds is 6. The second-order valence-electron chi connectivity index (χ2n) is 4.53. The first-order valence-electron chi connectivity index (χ1n) is 6.57. The van der Waals surface area contributed by atoms with Gasteiger partial charge < -0.3 is 19.9 Å². The summed E-state index contributed by atoms with van der Waals surface area (Å²) in [5, 5.41) is 11.4. The number of hydrogen-bond donors (Lipinski definition) is 2. The summed E-state index contributed by atoms with van der Waals surface area (Å²) in [5.74, 6) is 0.571. The lowest BCUT2D eigenvalue weighted by Gasteiger charge is -2.11. The van der Waals surface area contributed by atoms with Crippen LogP contribution in [0.25, 0.3) is 11.3 Å². The number of carbonyl (C=O) groups is 1. The Morgan fingerprint density at radius 1 is 1.23 bits per heavy atom. The Hall–Kier alpha value is -2.83. The quantitative estimate of drug-likeness (QED) is 0.842. The van der Waals surface area contributed by atoms with Gasteiger partial charge in [0.05, 0.1) is 19.9 Å². The fraction of sp³-hybridized carbons (Fsp3) is 0.267. The average Bonchev–Trinajstić information content (AvgIpc) is 2.51. The first-order valence-corrected chi connectivity index (χ1v) is 6.57. The molecule has 0 saturated heterocycles. The summed E-state index contributed by atoms with van der Waals surface area (Å²) in [6.07, 6.45) is 0. The topological polar surface area (TPSA) is 93.6 Å². The lowest BCUT2D eigenvalue weighted by molar-refractivity contribution is -0.134. The van der Waals surface area contributed by atoms with E-state index in [1.54, 1.807) is 32.4 Å². The minimum absolute atomic E-state index is 0.247. The van der Waals surface area contributed by atoms with Crippen molar-refractivity contribution >= 4 is 11.9 Å². The lowest BCUT2D eigenvalue weighted by atomic mass is 10.1. The number of carboxylic acids is 1. The van der Waals surface area contributed by atoms with E-state index in [9.17, 15) is 4.79 Å². The zero-order chi connectivity index (χ0) is 16.1. The van der Waals surface area contributed by atoms with E-state index in [-0.39, 0.29) is 12.5 Å². The first-order chi connectivity index (χ1) is 10.5. The standard InChI is InChI=1S/C15H17N3O4/c1-9-6-12(18-15(17-9)16-8-14(19)20)11-5-4-10(21-2)7-13(11)22-3/h4-7H,8H2,1-3H3,(H,19,20)(H,16,17,18). The number of aryl methyl sites for hydroxylation is 1. The van der Waals surface area contributed by atoms with Crippen LogP contribution in [-0.4, -0.2) is 41.8 Å². The smallest absolute Gasteiger partial charge is 0.322 e. The fourth-order valence-corrected chi connectivity index (χ4v) is 1.95. The number of methoxy groups -OCH3 is 2. The van der Waals surface area contributed by atoms with Gasteiger partial charge in [-0.2, -0.15) is 0 Å². The van der Waals surface area contributed by atoms with E-state index in [1.807, 2.05) is 13.0 Å². The van der Waals surface area contributed by atoms with Gasteiger partial charge in [0, 0.05) is 17.3 Å². The number of nitrogens with zero attached hydrogens (tertiary/aromatic N) is 2. The Morgan fingerprint density at radius 2 is 2.00 bits per heavy atom. The van der Waals surface area contributed by atoms with E-state index >= 15 is 0 Å². The van der Waals surface area contributed by atoms with Gasteiger partial charge in [-0.25, -0.2) is 9.97 Å². The van der Waals surface area contributed by atoms with Gasteiger partial charge >= 0.3 is 5.97 Å². The Morgan fingerprint density at radius 3 is 2.64 bits per heavy atom. The zero-order valence-electron chi connectivity index (χ0n) is 12.6. The van der Waals surface area contributed by atoms with E-state index in [0.29, 0.717) is 17.2 Å². The first kappa shape index (κ1) is 15.6. The normalized spacial score (nSPS) is 10.1. The summed E-state index contributed by atoms with van der Waals surface area (Å²) >= 11 is 0. The maximum atomic E-state index is 10.6. The summed E-state index contributed by atoms with van der Waals surface area (Å²) in [4.78, 5) is 19.1.